The molecule has 2 fully saturated rings. The van der Waals surface area contributed by atoms with Crippen molar-refractivity contribution in [2.45, 2.75) is 32.7 Å². The standard InChI is InChI=1S/C27H34N6O3S/c1-5-37(34,35)33-16-14-32(15-17-33)26-23-11-12-24(22-10-6-8-19(2)20(22)3)28-25(23)29-27(30-26)36-18-21-9-7-13-31(21)4/h5-6,8,10-12,21H,1,7,9,13-18H2,2-4H3/t21-/m0/s1. The molecule has 0 spiro atoms. The Kier molecular flexibility index (Phi) is 7.15. The Balaban J connectivity index is 1.51. The van der Waals surface area contributed by atoms with Crippen LogP contribution in [0.3, 0.4) is 0 Å². The molecule has 0 N–H and O–H groups in total. The van der Waals surface area contributed by atoms with Gasteiger partial charge in [-0.25, -0.2) is 13.4 Å². The number of pyridine rings is 1. The van der Waals surface area contributed by atoms with E-state index in [1.807, 2.05) is 18.2 Å². The topological polar surface area (TPSA) is 91.8 Å². The molecular weight excluding hydrogens is 488 g/mol. The molecular formula is C27H34N6O3S. The van der Waals surface area contributed by atoms with Crippen LogP contribution in [-0.2, 0) is 10.0 Å². The van der Waals surface area contributed by atoms with E-state index in [0.717, 1.165) is 47.3 Å². The number of likely N-dealkylation sites (N-methyl/N-ethyl adjacent to an activating group) is 1. The maximum absolute atomic E-state index is 12.3. The van der Waals surface area contributed by atoms with Gasteiger partial charge in [0.05, 0.1) is 11.1 Å². The molecule has 0 aliphatic carbocycles. The molecule has 1 atom stereocenters. The van der Waals surface area contributed by atoms with Crippen LogP contribution in [-0.4, -0.2) is 85.0 Å². The van der Waals surface area contributed by atoms with Gasteiger partial charge in [-0.1, -0.05) is 24.8 Å². The van der Waals surface area contributed by atoms with E-state index >= 15 is 0 Å². The van der Waals surface area contributed by atoms with Gasteiger partial charge in [0.1, 0.15) is 12.4 Å². The maximum Gasteiger partial charge on any atom is 0.320 e. The van der Waals surface area contributed by atoms with Crippen molar-refractivity contribution in [3.63, 3.8) is 0 Å². The molecule has 3 aromatic rings. The van der Waals surface area contributed by atoms with E-state index < -0.39 is 10.0 Å². The van der Waals surface area contributed by atoms with Crippen molar-refractivity contribution in [1.29, 1.82) is 0 Å². The number of aryl methyl sites for hydroxylation is 1. The lowest BCUT2D eigenvalue weighted by molar-refractivity contribution is 0.188. The number of hydrogen-bond donors (Lipinski definition) is 0. The number of ether oxygens (including phenoxy) is 1. The minimum atomic E-state index is -3.45. The van der Waals surface area contributed by atoms with Gasteiger partial charge in [0.15, 0.2) is 5.65 Å². The zero-order valence-corrected chi connectivity index (χ0v) is 22.5. The highest BCUT2D eigenvalue weighted by molar-refractivity contribution is 7.92. The Bertz CT molecular complexity index is 1420. The minimum Gasteiger partial charge on any atom is -0.462 e. The quantitative estimate of drug-likeness (QED) is 0.466. The summed E-state index contributed by atoms with van der Waals surface area (Å²) in [7, 11) is -1.34. The fraction of sp³-hybridized carbons (Fsp3) is 0.444. The number of piperazine rings is 1. The second-order valence-corrected chi connectivity index (χ2v) is 11.7. The Morgan fingerprint density at radius 3 is 2.54 bits per heavy atom. The van der Waals surface area contributed by atoms with E-state index in [2.05, 4.69) is 49.4 Å². The first-order chi connectivity index (χ1) is 17.8. The van der Waals surface area contributed by atoms with Crippen molar-refractivity contribution in [2.24, 2.45) is 0 Å². The van der Waals surface area contributed by atoms with Gasteiger partial charge in [0.2, 0.25) is 10.0 Å². The number of anilines is 1. The van der Waals surface area contributed by atoms with E-state index in [9.17, 15) is 8.42 Å². The minimum absolute atomic E-state index is 0.301. The predicted octanol–water partition coefficient (Wildman–Crippen LogP) is 3.38. The van der Waals surface area contributed by atoms with Crippen LogP contribution >= 0.6 is 0 Å². The van der Waals surface area contributed by atoms with Gasteiger partial charge in [-0.2, -0.15) is 14.3 Å². The fourth-order valence-electron chi connectivity index (χ4n) is 5.08. The van der Waals surface area contributed by atoms with E-state index in [4.69, 9.17) is 19.7 Å². The molecule has 5 rings (SSSR count). The van der Waals surface area contributed by atoms with Gasteiger partial charge in [-0.15, -0.1) is 0 Å². The third-order valence-corrected chi connectivity index (χ3v) is 9.09. The van der Waals surface area contributed by atoms with Crippen molar-refractivity contribution in [2.75, 3.05) is 51.3 Å². The lowest BCUT2D eigenvalue weighted by Crippen LogP contribution is -2.48. The lowest BCUT2D eigenvalue weighted by Gasteiger charge is -2.34. The van der Waals surface area contributed by atoms with Crippen LogP contribution < -0.4 is 9.64 Å². The molecule has 2 aliphatic heterocycles. The largest absolute Gasteiger partial charge is 0.462 e. The summed E-state index contributed by atoms with van der Waals surface area (Å²) in [5.74, 6) is 0.718. The summed E-state index contributed by atoms with van der Waals surface area (Å²) in [4.78, 5) is 18.8. The highest BCUT2D eigenvalue weighted by atomic mass is 32.2. The second-order valence-electron chi connectivity index (χ2n) is 9.83. The molecule has 0 unspecified atom stereocenters. The molecule has 37 heavy (non-hydrogen) atoms. The van der Waals surface area contributed by atoms with Crippen molar-refractivity contribution in [1.82, 2.24) is 24.2 Å². The summed E-state index contributed by atoms with van der Waals surface area (Å²) in [5.41, 5.74) is 4.88. The van der Waals surface area contributed by atoms with Crippen LogP contribution in [0, 0.1) is 13.8 Å². The summed E-state index contributed by atoms with van der Waals surface area (Å²) in [6.07, 6.45) is 2.25. The number of hydrogen-bond acceptors (Lipinski definition) is 8. The number of nitrogens with zero attached hydrogens (tertiary/aromatic N) is 6. The highest BCUT2D eigenvalue weighted by Gasteiger charge is 2.28. The molecule has 0 saturated carbocycles. The summed E-state index contributed by atoms with van der Waals surface area (Å²) < 4.78 is 32.1. The molecule has 0 radical (unpaired) electrons. The Morgan fingerprint density at radius 1 is 1.05 bits per heavy atom. The van der Waals surface area contributed by atoms with Crippen LogP contribution in [0.2, 0.25) is 0 Å². The van der Waals surface area contributed by atoms with Crippen LogP contribution in [0.25, 0.3) is 22.3 Å². The molecule has 2 saturated heterocycles. The normalized spacial score (nSPS) is 19.4. The van der Waals surface area contributed by atoms with E-state index in [1.54, 1.807) is 0 Å². The van der Waals surface area contributed by atoms with Crippen molar-refractivity contribution >= 4 is 26.9 Å². The Morgan fingerprint density at radius 2 is 1.84 bits per heavy atom. The number of rotatable bonds is 7. The van der Waals surface area contributed by atoms with E-state index in [-0.39, 0.29) is 0 Å². The van der Waals surface area contributed by atoms with Gasteiger partial charge in [-0.3, -0.25) is 0 Å². The SMILES string of the molecule is C=CS(=O)(=O)N1CCN(c2nc(OC[C@@H]3CCCN3C)nc3nc(-c4cccc(C)c4C)ccc23)CC1. The van der Waals surface area contributed by atoms with Crippen molar-refractivity contribution in [3.05, 3.63) is 53.4 Å². The third-order valence-electron chi connectivity index (χ3n) is 7.58. The first-order valence-corrected chi connectivity index (χ1v) is 14.2. The van der Waals surface area contributed by atoms with Crippen molar-refractivity contribution in [3.8, 4) is 17.3 Å². The zero-order valence-electron chi connectivity index (χ0n) is 21.7. The summed E-state index contributed by atoms with van der Waals surface area (Å²) in [6.45, 7) is 11.0. The number of sulfonamides is 1. The van der Waals surface area contributed by atoms with Gasteiger partial charge in [0.25, 0.3) is 0 Å². The molecule has 196 valence electrons. The molecule has 0 bridgehead atoms. The van der Waals surface area contributed by atoms with Crippen LogP contribution in [0.1, 0.15) is 24.0 Å². The number of fused-ring (bicyclic) bond motifs is 1. The van der Waals surface area contributed by atoms with Gasteiger partial charge >= 0.3 is 6.01 Å². The first-order valence-electron chi connectivity index (χ1n) is 12.7. The average molecular weight is 523 g/mol. The number of likely N-dealkylation sites (tertiary alicyclic amines) is 1. The first kappa shape index (κ1) is 25.6. The second kappa shape index (κ2) is 10.4. The smallest absolute Gasteiger partial charge is 0.320 e. The molecule has 9 nitrogen and oxygen atoms in total. The lowest BCUT2D eigenvalue weighted by atomic mass is 10.0. The van der Waals surface area contributed by atoms with Crippen LogP contribution in [0.15, 0.2) is 42.3 Å². The van der Waals surface area contributed by atoms with Gasteiger partial charge < -0.3 is 14.5 Å². The van der Waals surface area contributed by atoms with E-state index in [0.29, 0.717) is 50.5 Å². The molecule has 1 aromatic carbocycles. The molecule has 2 aliphatic rings. The summed E-state index contributed by atoms with van der Waals surface area (Å²) >= 11 is 0. The van der Waals surface area contributed by atoms with E-state index in [1.165, 1.54) is 15.4 Å². The van der Waals surface area contributed by atoms with Gasteiger partial charge in [-0.05, 0) is 63.5 Å². The van der Waals surface area contributed by atoms with Crippen molar-refractivity contribution < 1.29 is 13.2 Å². The zero-order chi connectivity index (χ0) is 26.2. The van der Waals surface area contributed by atoms with Crippen LogP contribution in [0.4, 0.5) is 5.82 Å². The monoisotopic (exact) mass is 522 g/mol. The van der Waals surface area contributed by atoms with Gasteiger partial charge in [0, 0.05) is 43.2 Å². The molecule has 10 heteroatoms. The number of aromatic nitrogens is 3. The number of benzene rings is 1. The maximum atomic E-state index is 12.3. The summed E-state index contributed by atoms with van der Waals surface area (Å²) in [6, 6.07) is 10.9. The molecule has 2 aromatic heterocycles. The van der Waals surface area contributed by atoms with Crippen LogP contribution in [0.5, 0.6) is 6.01 Å². The molecule has 4 heterocycles. The average Bonchev–Trinajstić information content (AvgIpc) is 3.32. The summed E-state index contributed by atoms with van der Waals surface area (Å²) in [5, 5.41) is 1.83. The Hall–Kier alpha value is -3.08. The fourth-order valence-corrected chi connectivity index (χ4v) is 5.96. The third kappa shape index (κ3) is 5.18. The predicted molar refractivity (Wildman–Crippen MR) is 146 cm³/mol. The molecule has 0 amide bonds. The Labute approximate surface area is 218 Å². The highest BCUT2D eigenvalue weighted by Crippen LogP contribution is 2.31.